The number of carboxylic acid groups (broad SMARTS) is 1. The van der Waals surface area contributed by atoms with E-state index in [0.29, 0.717) is 11.8 Å². The van der Waals surface area contributed by atoms with Crippen molar-refractivity contribution >= 4 is 21.9 Å². The van der Waals surface area contributed by atoms with E-state index in [1.54, 1.807) is 6.20 Å². The molecule has 0 radical (unpaired) electrons. The van der Waals surface area contributed by atoms with Crippen LogP contribution in [0.3, 0.4) is 0 Å². The Hall–Kier alpha value is -0.980. The van der Waals surface area contributed by atoms with Crippen LogP contribution in [0.15, 0.2) is 22.9 Å². The van der Waals surface area contributed by atoms with Gasteiger partial charge in [0.25, 0.3) is 0 Å². The topological polar surface area (TPSA) is 71.5 Å². The van der Waals surface area contributed by atoms with Gasteiger partial charge in [-0.3, -0.25) is 0 Å². The van der Waals surface area contributed by atoms with Gasteiger partial charge >= 0.3 is 5.97 Å². The zero-order valence-electron chi connectivity index (χ0n) is 11.7. The van der Waals surface area contributed by atoms with Crippen molar-refractivity contribution in [3.8, 4) is 0 Å². The van der Waals surface area contributed by atoms with E-state index in [-0.39, 0.29) is 6.61 Å². The van der Waals surface area contributed by atoms with Gasteiger partial charge in [-0.2, -0.15) is 0 Å². The van der Waals surface area contributed by atoms with E-state index in [4.69, 9.17) is 9.84 Å². The average Bonchev–Trinajstić information content (AvgIpc) is 2.93. The maximum atomic E-state index is 10.9. The number of halogens is 1. The number of aliphatic carboxylic acids is 1. The van der Waals surface area contributed by atoms with Gasteiger partial charge < -0.3 is 15.2 Å². The number of aromatic nitrogens is 1. The molecule has 21 heavy (non-hydrogen) atoms. The molecule has 6 heteroatoms. The molecule has 1 saturated carbocycles. The number of pyridine rings is 1. The molecule has 2 aliphatic rings. The third-order valence-electron chi connectivity index (χ3n) is 4.72. The summed E-state index contributed by atoms with van der Waals surface area (Å²) in [5.74, 6) is 0.317. The van der Waals surface area contributed by atoms with Crippen molar-refractivity contribution in [3.63, 3.8) is 0 Å². The average molecular weight is 355 g/mol. The molecule has 3 atom stereocenters. The molecule has 1 saturated heterocycles. The summed E-state index contributed by atoms with van der Waals surface area (Å²) in [6.45, 7) is 1.80. The van der Waals surface area contributed by atoms with E-state index < -0.39 is 11.6 Å². The molecule has 0 amide bonds. The van der Waals surface area contributed by atoms with E-state index in [2.05, 4.69) is 26.2 Å². The van der Waals surface area contributed by atoms with Crippen LogP contribution in [0.5, 0.6) is 0 Å². The number of hydrogen-bond donors (Lipinski definition) is 2. The lowest BCUT2D eigenvalue weighted by Crippen LogP contribution is -2.40. The Bertz CT molecular complexity index is 522. The summed E-state index contributed by atoms with van der Waals surface area (Å²) in [7, 11) is 0. The number of hydrogen-bond acceptors (Lipinski definition) is 4. The van der Waals surface area contributed by atoms with Gasteiger partial charge in [0.15, 0.2) is 0 Å². The first-order valence-electron chi connectivity index (χ1n) is 7.27. The SMILES string of the molecule is O=C(O)COC1(c2ccc(Br)nc2)CCC2CNCC2C1. The van der Waals surface area contributed by atoms with Crippen molar-refractivity contribution < 1.29 is 14.6 Å². The van der Waals surface area contributed by atoms with Crippen LogP contribution in [0.25, 0.3) is 0 Å². The summed E-state index contributed by atoms with van der Waals surface area (Å²) in [5.41, 5.74) is 0.469. The summed E-state index contributed by atoms with van der Waals surface area (Å²) in [6.07, 6.45) is 4.58. The third kappa shape index (κ3) is 3.12. The molecule has 1 aromatic heterocycles. The molecule has 1 aliphatic heterocycles. The Labute approximate surface area is 132 Å². The first-order valence-corrected chi connectivity index (χ1v) is 8.07. The van der Waals surface area contributed by atoms with Gasteiger partial charge in [-0.15, -0.1) is 0 Å². The highest BCUT2D eigenvalue weighted by molar-refractivity contribution is 9.10. The van der Waals surface area contributed by atoms with Crippen LogP contribution in [0.4, 0.5) is 0 Å². The summed E-state index contributed by atoms with van der Waals surface area (Å²) in [6, 6.07) is 3.88. The maximum Gasteiger partial charge on any atom is 0.329 e. The van der Waals surface area contributed by atoms with Crippen LogP contribution in [-0.4, -0.2) is 35.8 Å². The quantitative estimate of drug-likeness (QED) is 0.810. The number of carboxylic acids is 1. The van der Waals surface area contributed by atoms with Crippen LogP contribution in [0.1, 0.15) is 24.8 Å². The van der Waals surface area contributed by atoms with E-state index in [9.17, 15) is 4.79 Å². The molecule has 0 aromatic carbocycles. The molecule has 2 heterocycles. The minimum atomic E-state index is -0.925. The predicted molar refractivity (Wildman–Crippen MR) is 80.9 cm³/mol. The second-order valence-electron chi connectivity index (χ2n) is 5.97. The minimum Gasteiger partial charge on any atom is -0.480 e. The van der Waals surface area contributed by atoms with E-state index in [1.807, 2.05) is 12.1 Å². The van der Waals surface area contributed by atoms with Crippen molar-refractivity contribution in [2.75, 3.05) is 19.7 Å². The van der Waals surface area contributed by atoms with E-state index >= 15 is 0 Å². The third-order valence-corrected chi connectivity index (χ3v) is 5.19. The highest BCUT2D eigenvalue weighted by Gasteiger charge is 2.45. The number of rotatable bonds is 4. The van der Waals surface area contributed by atoms with Gasteiger partial charge in [0, 0.05) is 11.8 Å². The minimum absolute atomic E-state index is 0.263. The predicted octanol–water partition coefficient (Wildman–Crippen LogP) is 2.16. The van der Waals surface area contributed by atoms with Gasteiger partial charge in [0.05, 0.1) is 5.60 Å². The highest BCUT2D eigenvalue weighted by Crippen LogP contribution is 2.46. The molecule has 1 aromatic rings. The van der Waals surface area contributed by atoms with Crippen LogP contribution >= 0.6 is 15.9 Å². The zero-order valence-corrected chi connectivity index (χ0v) is 13.3. The Kier molecular flexibility index (Phi) is 4.28. The summed E-state index contributed by atoms with van der Waals surface area (Å²) in [5, 5.41) is 12.4. The van der Waals surface area contributed by atoms with Crippen LogP contribution in [0.2, 0.25) is 0 Å². The molecule has 3 unspecified atom stereocenters. The van der Waals surface area contributed by atoms with Crippen LogP contribution in [0, 0.1) is 11.8 Å². The molecule has 1 aliphatic carbocycles. The van der Waals surface area contributed by atoms with Crippen molar-refractivity contribution in [1.29, 1.82) is 0 Å². The summed E-state index contributed by atoms with van der Waals surface area (Å²) < 4.78 is 6.66. The molecule has 5 nitrogen and oxygen atoms in total. The molecule has 0 bridgehead atoms. The standard InChI is InChI=1S/C15H19BrN2O3/c16-13-2-1-12(8-18-13)15(21-9-14(19)20)4-3-10-6-17-7-11(10)5-15/h1-2,8,10-11,17H,3-7,9H2,(H,19,20). The van der Waals surface area contributed by atoms with E-state index in [0.717, 1.165) is 42.5 Å². The number of carbonyl (C=O) groups is 1. The molecular formula is C15H19BrN2O3. The van der Waals surface area contributed by atoms with Gasteiger partial charge in [-0.25, -0.2) is 9.78 Å². The number of nitrogens with one attached hydrogen (secondary N) is 1. The Balaban J connectivity index is 1.87. The van der Waals surface area contributed by atoms with Gasteiger partial charge in [-0.05, 0) is 66.2 Å². The van der Waals surface area contributed by atoms with Crippen LogP contribution in [-0.2, 0) is 15.1 Å². The van der Waals surface area contributed by atoms with Crippen molar-refractivity contribution in [2.45, 2.75) is 24.9 Å². The molecule has 0 spiro atoms. The molecule has 114 valence electrons. The number of fused-ring (bicyclic) bond motifs is 1. The van der Waals surface area contributed by atoms with Gasteiger partial charge in [-0.1, -0.05) is 6.07 Å². The van der Waals surface area contributed by atoms with Crippen molar-refractivity contribution in [1.82, 2.24) is 10.3 Å². The number of nitrogens with zero attached hydrogens (tertiary/aromatic N) is 1. The maximum absolute atomic E-state index is 10.9. The Morgan fingerprint density at radius 1 is 1.48 bits per heavy atom. The zero-order chi connectivity index (χ0) is 14.9. The first kappa shape index (κ1) is 14.9. The van der Waals surface area contributed by atoms with Gasteiger partial charge in [0.2, 0.25) is 0 Å². The fourth-order valence-electron chi connectivity index (χ4n) is 3.63. The molecule has 2 fully saturated rings. The normalized spacial score (nSPS) is 31.9. The fourth-order valence-corrected chi connectivity index (χ4v) is 3.86. The van der Waals surface area contributed by atoms with Crippen LogP contribution < -0.4 is 5.32 Å². The molecule has 3 rings (SSSR count). The first-order chi connectivity index (χ1) is 10.1. The lowest BCUT2D eigenvalue weighted by atomic mass is 9.70. The summed E-state index contributed by atoms with van der Waals surface area (Å²) in [4.78, 5) is 15.2. The molecular weight excluding hydrogens is 336 g/mol. The number of ether oxygens (including phenoxy) is 1. The second kappa shape index (κ2) is 6.02. The second-order valence-corrected chi connectivity index (χ2v) is 6.78. The fraction of sp³-hybridized carbons (Fsp3) is 0.600. The highest BCUT2D eigenvalue weighted by atomic mass is 79.9. The Morgan fingerprint density at radius 2 is 2.29 bits per heavy atom. The summed E-state index contributed by atoms with van der Waals surface area (Å²) >= 11 is 3.34. The van der Waals surface area contributed by atoms with Crippen molar-refractivity contribution in [3.05, 3.63) is 28.5 Å². The lowest BCUT2D eigenvalue weighted by molar-refractivity contribution is -0.156. The largest absolute Gasteiger partial charge is 0.480 e. The van der Waals surface area contributed by atoms with Crippen molar-refractivity contribution in [2.24, 2.45) is 11.8 Å². The smallest absolute Gasteiger partial charge is 0.329 e. The Morgan fingerprint density at radius 3 is 3.00 bits per heavy atom. The van der Waals surface area contributed by atoms with Gasteiger partial charge in [0.1, 0.15) is 11.2 Å². The molecule has 2 N–H and O–H groups in total. The monoisotopic (exact) mass is 354 g/mol. The lowest BCUT2D eigenvalue weighted by Gasteiger charge is -2.42. The van der Waals surface area contributed by atoms with E-state index in [1.165, 1.54) is 0 Å².